The molecule has 0 spiro atoms. The van der Waals surface area contributed by atoms with Crippen LogP contribution in [0.1, 0.15) is 43.9 Å². The molecule has 2 aromatic rings. The number of nitrogens with zero attached hydrogens (tertiary/aromatic N) is 2. The normalized spacial score (nSPS) is 14.8. The molecule has 1 aromatic carbocycles. The number of rotatable bonds is 4. The first kappa shape index (κ1) is 23.7. The van der Waals surface area contributed by atoms with Crippen molar-refractivity contribution in [3.63, 3.8) is 0 Å². The van der Waals surface area contributed by atoms with Gasteiger partial charge in [-0.05, 0) is 43.2 Å². The summed E-state index contributed by atoms with van der Waals surface area (Å²) in [4.78, 5) is 31.0. The SMILES string of the molecule is CC.CNC(=O)NC1=CCCC(c2nc(Nc3ccc(Cl)cc3)[nH]c(=O)c2C#N)C=C1. The van der Waals surface area contributed by atoms with E-state index in [-0.39, 0.29) is 23.5 Å². The van der Waals surface area contributed by atoms with Crippen LogP contribution in [0.15, 0.2) is 53.0 Å². The Bertz CT molecular complexity index is 1070. The first-order valence-electron chi connectivity index (χ1n) is 9.94. The molecule has 1 aliphatic rings. The highest BCUT2D eigenvalue weighted by Crippen LogP contribution is 2.27. The van der Waals surface area contributed by atoms with Crippen LogP contribution < -0.4 is 21.5 Å². The number of hydrogen-bond donors (Lipinski definition) is 4. The lowest BCUT2D eigenvalue weighted by atomic mass is 9.96. The lowest BCUT2D eigenvalue weighted by Gasteiger charge is -2.14. The number of carbonyl (C=O) groups is 1. The van der Waals surface area contributed by atoms with Gasteiger partial charge in [0.1, 0.15) is 11.6 Å². The molecule has 1 atom stereocenters. The molecule has 1 unspecified atom stereocenters. The molecular weight excluding hydrogens is 416 g/mol. The fraction of sp³-hybridized carbons (Fsp3) is 0.273. The van der Waals surface area contributed by atoms with Crippen LogP contribution in [-0.4, -0.2) is 23.0 Å². The minimum Gasteiger partial charge on any atom is -0.341 e. The summed E-state index contributed by atoms with van der Waals surface area (Å²) in [7, 11) is 1.54. The fourth-order valence-electron chi connectivity index (χ4n) is 2.91. The minimum atomic E-state index is -0.511. The molecule has 1 heterocycles. The number of amides is 2. The molecule has 0 saturated heterocycles. The second-order valence-electron chi connectivity index (χ2n) is 6.33. The van der Waals surface area contributed by atoms with Crippen LogP contribution in [0.3, 0.4) is 0 Å². The Hall–Kier alpha value is -3.57. The molecule has 0 radical (unpaired) electrons. The van der Waals surface area contributed by atoms with Gasteiger partial charge in [0.05, 0.1) is 5.69 Å². The molecular formula is C22H25ClN6O2. The first-order chi connectivity index (χ1) is 15.0. The number of carbonyl (C=O) groups excluding carboxylic acids is 1. The molecule has 0 aliphatic heterocycles. The summed E-state index contributed by atoms with van der Waals surface area (Å²) in [6, 6.07) is 8.58. The maximum Gasteiger partial charge on any atom is 0.318 e. The zero-order valence-corrected chi connectivity index (χ0v) is 18.4. The Morgan fingerprint density at radius 1 is 1.29 bits per heavy atom. The molecule has 8 nitrogen and oxygen atoms in total. The Morgan fingerprint density at radius 2 is 2.00 bits per heavy atom. The van der Waals surface area contributed by atoms with Gasteiger partial charge in [0.2, 0.25) is 5.95 Å². The third-order valence-electron chi connectivity index (χ3n) is 4.35. The summed E-state index contributed by atoms with van der Waals surface area (Å²) in [5, 5.41) is 18.3. The number of anilines is 2. The number of nitriles is 1. The third kappa shape index (κ3) is 6.46. The van der Waals surface area contributed by atoms with Crippen molar-refractivity contribution in [2.24, 2.45) is 0 Å². The van der Waals surface area contributed by atoms with E-state index < -0.39 is 5.56 Å². The van der Waals surface area contributed by atoms with E-state index in [1.54, 1.807) is 30.3 Å². The molecule has 1 aromatic heterocycles. The number of benzene rings is 1. The second-order valence-corrected chi connectivity index (χ2v) is 6.76. The summed E-state index contributed by atoms with van der Waals surface area (Å²) >= 11 is 5.89. The van der Waals surface area contributed by atoms with Crippen LogP contribution >= 0.6 is 11.6 Å². The van der Waals surface area contributed by atoms with Crippen LogP contribution in [0.25, 0.3) is 0 Å². The number of aromatic amines is 1. The van der Waals surface area contributed by atoms with E-state index in [0.717, 1.165) is 0 Å². The van der Waals surface area contributed by atoms with Crippen LogP contribution in [-0.2, 0) is 0 Å². The van der Waals surface area contributed by atoms with Gasteiger partial charge in [-0.3, -0.25) is 9.78 Å². The molecule has 0 fully saturated rings. The summed E-state index contributed by atoms with van der Waals surface area (Å²) in [6.07, 6.45) is 6.77. The van der Waals surface area contributed by atoms with Crippen LogP contribution in [0.2, 0.25) is 5.02 Å². The van der Waals surface area contributed by atoms with Crippen LogP contribution in [0.5, 0.6) is 0 Å². The van der Waals surface area contributed by atoms with E-state index in [0.29, 0.717) is 34.9 Å². The molecule has 1 aliphatic carbocycles. The summed E-state index contributed by atoms with van der Waals surface area (Å²) in [6.45, 7) is 4.00. The van der Waals surface area contributed by atoms with E-state index >= 15 is 0 Å². The highest BCUT2D eigenvalue weighted by Gasteiger charge is 2.20. The zero-order chi connectivity index (χ0) is 22.8. The molecule has 0 bridgehead atoms. The van der Waals surface area contributed by atoms with Gasteiger partial charge in [0.15, 0.2) is 0 Å². The number of nitrogens with one attached hydrogen (secondary N) is 4. The summed E-state index contributed by atoms with van der Waals surface area (Å²) in [5.41, 5.74) is 1.20. The number of urea groups is 1. The van der Waals surface area contributed by atoms with Crippen molar-refractivity contribution >= 4 is 29.3 Å². The number of halogens is 1. The van der Waals surface area contributed by atoms with Gasteiger partial charge in [-0.15, -0.1) is 0 Å². The largest absolute Gasteiger partial charge is 0.341 e. The van der Waals surface area contributed by atoms with Gasteiger partial charge in [0, 0.05) is 29.4 Å². The third-order valence-corrected chi connectivity index (χ3v) is 4.60. The van der Waals surface area contributed by atoms with Gasteiger partial charge >= 0.3 is 6.03 Å². The van der Waals surface area contributed by atoms with Crippen molar-refractivity contribution in [1.29, 1.82) is 5.26 Å². The summed E-state index contributed by atoms with van der Waals surface area (Å²) in [5.74, 6) is -0.0152. The highest BCUT2D eigenvalue weighted by molar-refractivity contribution is 6.30. The van der Waals surface area contributed by atoms with Crippen molar-refractivity contribution in [3.8, 4) is 6.07 Å². The minimum absolute atomic E-state index is 0.0241. The lowest BCUT2D eigenvalue weighted by Crippen LogP contribution is -2.31. The van der Waals surface area contributed by atoms with Crippen molar-refractivity contribution in [1.82, 2.24) is 20.6 Å². The van der Waals surface area contributed by atoms with Crippen LogP contribution in [0.4, 0.5) is 16.4 Å². The number of H-pyrrole nitrogens is 1. The van der Waals surface area contributed by atoms with E-state index in [1.165, 1.54) is 7.05 Å². The van der Waals surface area contributed by atoms with Gasteiger partial charge in [-0.2, -0.15) is 5.26 Å². The average Bonchev–Trinajstić information content (AvgIpc) is 3.02. The van der Waals surface area contributed by atoms with Crippen molar-refractivity contribution in [2.45, 2.75) is 32.6 Å². The van der Waals surface area contributed by atoms with Gasteiger partial charge in [0.25, 0.3) is 5.56 Å². The predicted octanol–water partition coefficient (Wildman–Crippen LogP) is 4.31. The molecule has 4 N–H and O–H groups in total. The average molecular weight is 441 g/mol. The lowest BCUT2D eigenvalue weighted by molar-refractivity contribution is 0.245. The van der Waals surface area contributed by atoms with E-state index in [9.17, 15) is 14.9 Å². The Morgan fingerprint density at radius 3 is 2.65 bits per heavy atom. The number of aromatic nitrogens is 2. The smallest absolute Gasteiger partial charge is 0.318 e. The van der Waals surface area contributed by atoms with Crippen molar-refractivity contribution in [3.05, 3.63) is 74.8 Å². The number of hydrogen-bond acceptors (Lipinski definition) is 5. The quantitative estimate of drug-likeness (QED) is 0.564. The van der Waals surface area contributed by atoms with Gasteiger partial charge < -0.3 is 16.0 Å². The summed E-state index contributed by atoms with van der Waals surface area (Å²) < 4.78 is 0. The predicted molar refractivity (Wildman–Crippen MR) is 122 cm³/mol. The van der Waals surface area contributed by atoms with Crippen molar-refractivity contribution in [2.75, 3.05) is 12.4 Å². The maximum atomic E-state index is 12.4. The standard InChI is InChI=1S/C20H19ClN6O2.C2H6/c1-23-20(29)25-14-4-2-3-12(5-8-14)17-16(11-22)18(28)27-19(26-17)24-15-9-6-13(21)7-10-15;1-2/h4-10,12H,2-3H2,1H3,(H2,23,25,29)(H2,24,26,27,28);1-2H3. The van der Waals surface area contributed by atoms with E-state index in [4.69, 9.17) is 11.6 Å². The van der Waals surface area contributed by atoms with Crippen molar-refractivity contribution < 1.29 is 4.79 Å². The molecule has 162 valence electrons. The number of allylic oxidation sites excluding steroid dienone is 3. The first-order valence-corrected chi connectivity index (χ1v) is 10.3. The maximum absolute atomic E-state index is 12.4. The Balaban J connectivity index is 0.00000166. The Kier molecular flexibility index (Phi) is 8.85. The van der Waals surface area contributed by atoms with Crippen LogP contribution in [0, 0.1) is 11.3 Å². The van der Waals surface area contributed by atoms with Gasteiger partial charge in [-0.1, -0.05) is 37.6 Å². The van der Waals surface area contributed by atoms with E-state index in [1.807, 2.05) is 32.1 Å². The van der Waals surface area contributed by atoms with Gasteiger partial charge in [-0.25, -0.2) is 9.78 Å². The van der Waals surface area contributed by atoms with E-state index in [2.05, 4.69) is 25.9 Å². The Labute approximate surface area is 186 Å². The molecule has 0 saturated carbocycles. The zero-order valence-electron chi connectivity index (χ0n) is 17.6. The topological polar surface area (TPSA) is 123 Å². The molecule has 9 heteroatoms. The monoisotopic (exact) mass is 440 g/mol. The molecule has 3 rings (SSSR count). The fourth-order valence-corrected chi connectivity index (χ4v) is 3.04. The highest BCUT2D eigenvalue weighted by atomic mass is 35.5. The second kappa shape index (κ2) is 11.6. The molecule has 31 heavy (non-hydrogen) atoms. The molecule has 2 amide bonds.